The highest BCUT2D eigenvalue weighted by Crippen LogP contribution is 2.40. The summed E-state index contributed by atoms with van der Waals surface area (Å²) in [4.78, 5) is 18.5. The van der Waals surface area contributed by atoms with Gasteiger partial charge in [0, 0.05) is 30.7 Å². The van der Waals surface area contributed by atoms with E-state index >= 15 is 0 Å². The summed E-state index contributed by atoms with van der Waals surface area (Å²) in [6.07, 6.45) is 8.41. The summed E-state index contributed by atoms with van der Waals surface area (Å²) < 4.78 is 5.80. The van der Waals surface area contributed by atoms with E-state index in [0.29, 0.717) is 18.3 Å². The van der Waals surface area contributed by atoms with Gasteiger partial charge in [0.1, 0.15) is 11.4 Å². The van der Waals surface area contributed by atoms with Crippen LogP contribution in [0.4, 0.5) is 16.4 Å². The first-order chi connectivity index (χ1) is 15.2. The number of hydrogen-bond donors (Lipinski definition) is 1. The Morgan fingerprint density at radius 1 is 1.06 bits per heavy atom. The molecule has 9 nitrogen and oxygen atoms in total. The van der Waals surface area contributed by atoms with Crippen molar-refractivity contribution in [3.05, 3.63) is 55.0 Å². The van der Waals surface area contributed by atoms with Crippen LogP contribution in [0.5, 0.6) is 0 Å². The average molecular weight is 454 g/mol. The van der Waals surface area contributed by atoms with Gasteiger partial charge in [-0.1, -0.05) is 0 Å². The molecule has 2 fully saturated rings. The lowest BCUT2D eigenvalue weighted by Crippen LogP contribution is -2.39. The Bertz CT molecular complexity index is 1030. The molecular formula is C22H24ClN7O2. The Morgan fingerprint density at radius 3 is 2.50 bits per heavy atom. The summed E-state index contributed by atoms with van der Waals surface area (Å²) >= 11 is 0. The van der Waals surface area contributed by atoms with E-state index in [2.05, 4.69) is 30.7 Å². The topological polar surface area (TPSA) is 106 Å². The number of aromatic nitrogens is 5. The predicted octanol–water partition coefficient (Wildman–Crippen LogP) is 3.75. The molecule has 3 aromatic heterocycles. The van der Waals surface area contributed by atoms with E-state index in [9.17, 15) is 4.79 Å². The molecule has 4 heterocycles. The molecule has 0 atom stereocenters. The van der Waals surface area contributed by atoms with Crippen LogP contribution in [0.25, 0.3) is 11.3 Å². The zero-order valence-corrected chi connectivity index (χ0v) is 18.2. The van der Waals surface area contributed by atoms with Crippen molar-refractivity contribution >= 4 is 30.1 Å². The van der Waals surface area contributed by atoms with Gasteiger partial charge in [0.15, 0.2) is 5.82 Å². The number of hydrogen-bond acceptors (Lipinski definition) is 8. The molecule has 10 heteroatoms. The number of ether oxygens (including phenoxy) is 1. The molecule has 1 amide bonds. The van der Waals surface area contributed by atoms with Crippen molar-refractivity contribution in [3.63, 3.8) is 0 Å². The van der Waals surface area contributed by atoms with Crippen LogP contribution in [0.2, 0.25) is 0 Å². The van der Waals surface area contributed by atoms with E-state index in [1.54, 1.807) is 35.6 Å². The molecule has 3 aromatic rings. The van der Waals surface area contributed by atoms with E-state index in [0.717, 1.165) is 49.3 Å². The Hall–Kier alpha value is -3.33. The summed E-state index contributed by atoms with van der Waals surface area (Å²) in [6.45, 7) is 1.38. The Morgan fingerprint density at radius 2 is 1.84 bits per heavy atom. The monoisotopic (exact) mass is 453 g/mol. The van der Waals surface area contributed by atoms with Crippen LogP contribution in [0.3, 0.4) is 0 Å². The van der Waals surface area contributed by atoms with E-state index in [1.165, 1.54) is 0 Å². The highest BCUT2D eigenvalue weighted by Gasteiger charge is 2.48. The van der Waals surface area contributed by atoms with Crippen molar-refractivity contribution in [2.45, 2.75) is 31.3 Å². The third-order valence-corrected chi connectivity index (χ3v) is 6.03. The van der Waals surface area contributed by atoms with Gasteiger partial charge >= 0.3 is 6.09 Å². The largest absolute Gasteiger partial charge is 0.441 e. The Kier molecular flexibility index (Phi) is 6.45. The zero-order chi connectivity index (χ0) is 21.1. The van der Waals surface area contributed by atoms with Crippen LogP contribution in [-0.2, 0) is 4.74 Å². The lowest BCUT2D eigenvalue weighted by Gasteiger charge is -2.35. The maximum atomic E-state index is 12.4. The molecule has 1 saturated heterocycles. The van der Waals surface area contributed by atoms with Crippen LogP contribution >= 0.6 is 12.4 Å². The van der Waals surface area contributed by atoms with Gasteiger partial charge < -0.3 is 10.1 Å². The van der Waals surface area contributed by atoms with Crippen molar-refractivity contribution in [3.8, 4) is 11.3 Å². The minimum absolute atomic E-state index is 0. The third kappa shape index (κ3) is 4.62. The fourth-order valence-corrected chi connectivity index (χ4v) is 4.26. The number of anilines is 2. The quantitative estimate of drug-likeness (QED) is 0.622. The van der Waals surface area contributed by atoms with Gasteiger partial charge in [0.2, 0.25) is 0 Å². The highest BCUT2D eigenvalue weighted by atomic mass is 35.5. The first kappa shape index (κ1) is 21.9. The standard InChI is InChI=1S/C22H23N7O2.ClH/c30-21-29(20-4-2-12-26-28-20)15-22(31-21)9-7-16(8-10-22)13-23-19-6-5-17(14-24-19)18-3-1-11-25-27-18;/h1-6,11-12,14,16H,7-10,13,15H2,(H,23,24);1H/t16-,22-;. The Labute approximate surface area is 192 Å². The van der Waals surface area contributed by atoms with Gasteiger partial charge in [-0.3, -0.25) is 4.90 Å². The number of carbonyl (C=O) groups excluding carboxylic acids is 1. The number of nitrogens with zero attached hydrogens (tertiary/aromatic N) is 6. The maximum Gasteiger partial charge on any atom is 0.416 e. The summed E-state index contributed by atoms with van der Waals surface area (Å²) in [5.74, 6) is 1.90. The van der Waals surface area contributed by atoms with Gasteiger partial charge in [-0.05, 0) is 68.0 Å². The van der Waals surface area contributed by atoms with Crippen molar-refractivity contribution in [2.24, 2.45) is 5.92 Å². The smallest absolute Gasteiger partial charge is 0.416 e. The first-order valence-electron chi connectivity index (χ1n) is 10.5. The first-order valence-corrected chi connectivity index (χ1v) is 10.5. The number of pyridine rings is 1. The average Bonchev–Trinajstić information content (AvgIpc) is 3.16. The SMILES string of the molecule is Cl.O=C1O[C@]2(CC[C@H](CNc3ccc(-c4cccnn4)cn3)CC2)CN1c1cccnn1. The highest BCUT2D eigenvalue weighted by molar-refractivity contribution is 5.89. The molecule has 166 valence electrons. The van der Waals surface area contributed by atoms with E-state index in [1.807, 2.05) is 24.3 Å². The second-order valence-electron chi connectivity index (χ2n) is 8.08. The van der Waals surface area contributed by atoms with E-state index < -0.39 is 5.60 Å². The number of halogens is 1. The number of nitrogens with one attached hydrogen (secondary N) is 1. The van der Waals surface area contributed by atoms with Gasteiger partial charge in [0.05, 0.1) is 12.2 Å². The molecule has 5 rings (SSSR count). The molecule has 1 spiro atoms. The van der Waals surface area contributed by atoms with Gasteiger partial charge in [-0.25, -0.2) is 9.78 Å². The fraction of sp³-hybridized carbons (Fsp3) is 0.364. The molecule has 0 bridgehead atoms. The van der Waals surface area contributed by atoms with E-state index in [-0.39, 0.29) is 18.5 Å². The van der Waals surface area contributed by atoms with Crippen LogP contribution in [0, 0.1) is 5.92 Å². The maximum absolute atomic E-state index is 12.4. The molecule has 1 N–H and O–H groups in total. The van der Waals surface area contributed by atoms with Crippen LogP contribution in [0.15, 0.2) is 55.0 Å². The van der Waals surface area contributed by atoms with Crippen LogP contribution in [0.1, 0.15) is 25.7 Å². The second kappa shape index (κ2) is 9.44. The minimum atomic E-state index is -0.415. The zero-order valence-electron chi connectivity index (χ0n) is 17.4. The lowest BCUT2D eigenvalue weighted by atomic mass is 9.78. The van der Waals surface area contributed by atoms with E-state index in [4.69, 9.17) is 4.74 Å². The normalized spacial score (nSPS) is 22.3. The molecular weight excluding hydrogens is 430 g/mol. The van der Waals surface area contributed by atoms with Crippen LogP contribution in [-0.4, -0.2) is 50.2 Å². The molecule has 0 unspecified atom stereocenters. The molecule has 32 heavy (non-hydrogen) atoms. The third-order valence-electron chi connectivity index (χ3n) is 6.03. The van der Waals surface area contributed by atoms with Gasteiger partial charge in [-0.15, -0.1) is 17.5 Å². The van der Waals surface area contributed by atoms with Crippen molar-refractivity contribution in [2.75, 3.05) is 23.3 Å². The molecule has 1 aliphatic heterocycles. The van der Waals surface area contributed by atoms with Crippen molar-refractivity contribution < 1.29 is 9.53 Å². The number of amides is 1. The summed E-state index contributed by atoms with van der Waals surface area (Å²) in [7, 11) is 0. The summed E-state index contributed by atoms with van der Waals surface area (Å²) in [5, 5.41) is 19.3. The predicted molar refractivity (Wildman–Crippen MR) is 122 cm³/mol. The molecule has 0 radical (unpaired) electrons. The van der Waals surface area contributed by atoms with Gasteiger partial charge in [-0.2, -0.15) is 15.3 Å². The summed E-state index contributed by atoms with van der Waals surface area (Å²) in [6, 6.07) is 11.3. The molecule has 1 aliphatic carbocycles. The second-order valence-corrected chi connectivity index (χ2v) is 8.08. The van der Waals surface area contributed by atoms with Crippen molar-refractivity contribution in [1.29, 1.82) is 0 Å². The molecule has 0 aromatic carbocycles. The van der Waals surface area contributed by atoms with Crippen molar-refractivity contribution in [1.82, 2.24) is 25.4 Å². The number of rotatable bonds is 5. The fourth-order valence-electron chi connectivity index (χ4n) is 4.26. The lowest BCUT2D eigenvalue weighted by molar-refractivity contribution is 0.0148. The summed E-state index contributed by atoms with van der Waals surface area (Å²) in [5.41, 5.74) is 1.33. The minimum Gasteiger partial charge on any atom is -0.441 e. The van der Waals surface area contributed by atoms with Gasteiger partial charge in [0.25, 0.3) is 0 Å². The molecule has 2 aliphatic rings. The van der Waals surface area contributed by atoms with Crippen LogP contribution < -0.4 is 10.2 Å². The number of carbonyl (C=O) groups is 1. The molecule has 1 saturated carbocycles. The Balaban J connectivity index is 0.00000245.